The van der Waals surface area contributed by atoms with Crippen LogP contribution in [-0.2, 0) is 0 Å². The van der Waals surface area contributed by atoms with Crippen molar-refractivity contribution in [3.05, 3.63) is 57.0 Å². The maximum atomic E-state index is 12.4. The van der Waals surface area contributed by atoms with Crippen LogP contribution in [0.15, 0.2) is 50.8 Å². The Balaban J connectivity index is 1.84. The molecule has 130 valence electrons. The Morgan fingerprint density at radius 3 is 2.72 bits per heavy atom. The van der Waals surface area contributed by atoms with Gasteiger partial charge in [0, 0.05) is 10.0 Å². The standard InChI is InChI=1S/C18H18BrN3O2S/c1-3-11(2)15(20-17(23)14-5-4-10-25-14)18-21-16(22-24-18)12-6-8-13(19)9-7-12/h4-11,15H,3H2,1-2H3,(H,20,23)/t11-,15+/m1/s1. The molecule has 0 aliphatic rings. The minimum atomic E-state index is -0.323. The summed E-state index contributed by atoms with van der Waals surface area (Å²) in [5.41, 5.74) is 0.866. The van der Waals surface area contributed by atoms with Crippen LogP contribution in [0.2, 0.25) is 0 Å². The fourth-order valence-corrected chi connectivity index (χ4v) is 3.27. The molecule has 0 saturated carbocycles. The Kier molecular flexibility index (Phi) is 5.65. The van der Waals surface area contributed by atoms with E-state index < -0.39 is 0 Å². The van der Waals surface area contributed by atoms with Crippen LogP contribution < -0.4 is 5.32 Å². The van der Waals surface area contributed by atoms with Gasteiger partial charge in [-0.15, -0.1) is 11.3 Å². The van der Waals surface area contributed by atoms with E-state index in [2.05, 4.69) is 45.2 Å². The molecule has 0 radical (unpaired) electrons. The van der Waals surface area contributed by atoms with E-state index in [-0.39, 0.29) is 17.9 Å². The van der Waals surface area contributed by atoms with Crippen LogP contribution in [0.3, 0.4) is 0 Å². The molecule has 2 atom stereocenters. The Morgan fingerprint density at radius 2 is 2.08 bits per heavy atom. The molecule has 0 fully saturated rings. The van der Waals surface area contributed by atoms with E-state index in [0.29, 0.717) is 16.6 Å². The molecule has 3 aromatic rings. The van der Waals surface area contributed by atoms with Crippen LogP contribution in [0.4, 0.5) is 0 Å². The summed E-state index contributed by atoms with van der Waals surface area (Å²) in [5.74, 6) is 0.990. The number of benzene rings is 1. The van der Waals surface area contributed by atoms with Crippen molar-refractivity contribution < 1.29 is 9.32 Å². The summed E-state index contributed by atoms with van der Waals surface area (Å²) in [6.07, 6.45) is 0.880. The third-order valence-electron chi connectivity index (χ3n) is 4.05. The first kappa shape index (κ1) is 17.8. The fourth-order valence-electron chi connectivity index (χ4n) is 2.38. The van der Waals surface area contributed by atoms with Gasteiger partial charge >= 0.3 is 0 Å². The lowest BCUT2D eigenvalue weighted by Gasteiger charge is -2.20. The lowest BCUT2D eigenvalue weighted by molar-refractivity contribution is 0.0914. The summed E-state index contributed by atoms with van der Waals surface area (Å²) in [5, 5.41) is 8.98. The van der Waals surface area contributed by atoms with Crippen LogP contribution in [-0.4, -0.2) is 16.0 Å². The average Bonchev–Trinajstić information content (AvgIpc) is 3.31. The number of hydrogen-bond donors (Lipinski definition) is 1. The maximum Gasteiger partial charge on any atom is 0.262 e. The van der Waals surface area contributed by atoms with Crippen molar-refractivity contribution in [2.45, 2.75) is 26.3 Å². The largest absolute Gasteiger partial charge is 0.339 e. The van der Waals surface area contributed by atoms with Crippen molar-refractivity contribution in [3.8, 4) is 11.4 Å². The Labute approximate surface area is 158 Å². The first-order valence-corrected chi connectivity index (χ1v) is 9.69. The van der Waals surface area contributed by atoms with Crippen LogP contribution in [0.1, 0.15) is 41.9 Å². The molecule has 5 nitrogen and oxygen atoms in total. The van der Waals surface area contributed by atoms with Crippen LogP contribution in [0, 0.1) is 5.92 Å². The zero-order valence-corrected chi connectivity index (χ0v) is 16.3. The van der Waals surface area contributed by atoms with Gasteiger partial charge in [0.1, 0.15) is 6.04 Å². The number of nitrogens with one attached hydrogen (secondary N) is 1. The summed E-state index contributed by atoms with van der Waals surface area (Å²) < 4.78 is 6.46. The summed E-state index contributed by atoms with van der Waals surface area (Å²) in [6, 6.07) is 11.0. The number of amides is 1. The molecule has 0 aliphatic carbocycles. The van der Waals surface area contributed by atoms with E-state index >= 15 is 0 Å². The first-order chi connectivity index (χ1) is 12.1. The van der Waals surface area contributed by atoms with Gasteiger partial charge in [-0.1, -0.05) is 47.4 Å². The number of thiophene rings is 1. The van der Waals surface area contributed by atoms with Gasteiger partial charge in [-0.2, -0.15) is 4.98 Å². The highest BCUT2D eigenvalue weighted by Crippen LogP contribution is 2.27. The van der Waals surface area contributed by atoms with Gasteiger partial charge in [0.25, 0.3) is 5.91 Å². The van der Waals surface area contributed by atoms with E-state index in [9.17, 15) is 4.79 Å². The predicted octanol–water partition coefficient (Wildman–Crippen LogP) is 5.08. The summed E-state index contributed by atoms with van der Waals surface area (Å²) in [7, 11) is 0. The SMILES string of the molecule is CC[C@@H](C)[C@H](NC(=O)c1cccs1)c1nc(-c2ccc(Br)cc2)no1. The summed E-state index contributed by atoms with van der Waals surface area (Å²) >= 11 is 4.82. The molecule has 7 heteroatoms. The van der Waals surface area contributed by atoms with E-state index in [1.807, 2.05) is 35.7 Å². The Bertz CT molecular complexity index is 830. The quantitative estimate of drug-likeness (QED) is 0.604. The van der Waals surface area contributed by atoms with Crippen LogP contribution in [0.25, 0.3) is 11.4 Å². The van der Waals surface area contributed by atoms with E-state index in [4.69, 9.17) is 4.52 Å². The average molecular weight is 420 g/mol. The van der Waals surface area contributed by atoms with Crippen molar-refractivity contribution in [1.82, 2.24) is 15.5 Å². The molecule has 1 aromatic carbocycles. The first-order valence-electron chi connectivity index (χ1n) is 8.02. The summed E-state index contributed by atoms with van der Waals surface area (Å²) in [4.78, 5) is 17.6. The van der Waals surface area contributed by atoms with Crippen molar-refractivity contribution in [2.75, 3.05) is 0 Å². The van der Waals surface area contributed by atoms with Gasteiger partial charge in [-0.05, 0) is 41.6 Å². The van der Waals surface area contributed by atoms with Crippen molar-refractivity contribution in [3.63, 3.8) is 0 Å². The zero-order valence-electron chi connectivity index (χ0n) is 13.9. The third kappa shape index (κ3) is 4.16. The topological polar surface area (TPSA) is 68.0 Å². The highest BCUT2D eigenvalue weighted by Gasteiger charge is 2.27. The Morgan fingerprint density at radius 1 is 1.32 bits per heavy atom. The fraction of sp³-hybridized carbons (Fsp3) is 0.278. The van der Waals surface area contributed by atoms with Gasteiger partial charge in [-0.3, -0.25) is 4.79 Å². The van der Waals surface area contributed by atoms with Gasteiger partial charge in [0.2, 0.25) is 11.7 Å². The molecule has 0 bridgehead atoms. The molecule has 0 spiro atoms. The summed E-state index contributed by atoms with van der Waals surface area (Å²) in [6.45, 7) is 4.13. The highest BCUT2D eigenvalue weighted by atomic mass is 79.9. The van der Waals surface area contributed by atoms with E-state index in [1.54, 1.807) is 6.07 Å². The Hall–Kier alpha value is -1.99. The molecule has 3 rings (SSSR count). The second-order valence-electron chi connectivity index (χ2n) is 5.78. The lowest BCUT2D eigenvalue weighted by atomic mass is 9.99. The number of rotatable bonds is 6. The van der Waals surface area contributed by atoms with Crippen molar-refractivity contribution >= 4 is 33.2 Å². The van der Waals surface area contributed by atoms with Crippen molar-refractivity contribution in [2.24, 2.45) is 5.92 Å². The maximum absolute atomic E-state index is 12.4. The molecule has 0 aliphatic heterocycles. The third-order valence-corrected chi connectivity index (χ3v) is 5.45. The minimum Gasteiger partial charge on any atom is -0.339 e. The number of nitrogens with zero attached hydrogens (tertiary/aromatic N) is 2. The normalized spacial score (nSPS) is 13.4. The molecule has 1 N–H and O–H groups in total. The molecule has 0 saturated heterocycles. The van der Waals surface area contributed by atoms with Gasteiger partial charge in [0.15, 0.2) is 0 Å². The number of hydrogen-bond acceptors (Lipinski definition) is 5. The number of carbonyl (C=O) groups excluding carboxylic acids is 1. The van der Waals surface area contributed by atoms with E-state index in [1.165, 1.54) is 11.3 Å². The monoisotopic (exact) mass is 419 g/mol. The van der Waals surface area contributed by atoms with Gasteiger partial charge < -0.3 is 9.84 Å². The number of carbonyl (C=O) groups is 1. The van der Waals surface area contributed by atoms with Crippen LogP contribution >= 0.6 is 27.3 Å². The zero-order chi connectivity index (χ0) is 17.8. The number of aromatic nitrogens is 2. The lowest BCUT2D eigenvalue weighted by Crippen LogP contribution is -2.32. The molecule has 0 unspecified atom stereocenters. The van der Waals surface area contributed by atoms with Gasteiger partial charge in [0.05, 0.1) is 4.88 Å². The van der Waals surface area contributed by atoms with Crippen LogP contribution in [0.5, 0.6) is 0 Å². The second kappa shape index (κ2) is 7.93. The van der Waals surface area contributed by atoms with E-state index in [0.717, 1.165) is 16.5 Å². The molecule has 2 aromatic heterocycles. The second-order valence-corrected chi connectivity index (χ2v) is 7.64. The smallest absolute Gasteiger partial charge is 0.262 e. The molecule has 2 heterocycles. The highest BCUT2D eigenvalue weighted by molar-refractivity contribution is 9.10. The van der Waals surface area contributed by atoms with Crippen molar-refractivity contribution in [1.29, 1.82) is 0 Å². The van der Waals surface area contributed by atoms with Gasteiger partial charge in [-0.25, -0.2) is 0 Å². The molecule has 1 amide bonds. The predicted molar refractivity (Wildman–Crippen MR) is 101 cm³/mol. The number of halogens is 1. The molecular formula is C18H18BrN3O2S. The minimum absolute atomic E-state index is 0.122. The molecular weight excluding hydrogens is 402 g/mol. The molecule has 25 heavy (non-hydrogen) atoms.